The Morgan fingerprint density at radius 3 is 2.04 bits per heavy atom. The molecule has 2 amide bonds. The number of carbonyl (C=O) groups is 2. The van der Waals surface area contributed by atoms with Crippen LogP contribution in [0, 0.1) is 0 Å². The molecule has 0 aromatic heterocycles. The lowest BCUT2D eigenvalue weighted by atomic mass is 9.82. The molecule has 9 nitrogen and oxygen atoms in total. The highest BCUT2D eigenvalue weighted by Crippen LogP contribution is 2.38. The highest BCUT2D eigenvalue weighted by molar-refractivity contribution is 9.10. The van der Waals surface area contributed by atoms with E-state index in [0.717, 1.165) is 51.1 Å². The summed E-state index contributed by atoms with van der Waals surface area (Å²) in [6.45, 7) is 3.94. The molecule has 1 saturated heterocycles. The predicted octanol–water partition coefficient (Wildman–Crippen LogP) is 5.46. The van der Waals surface area contributed by atoms with Gasteiger partial charge in [0.25, 0.3) is 5.91 Å². The van der Waals surface area contributed by atoms with E-state index in [4.69, 9.17) is 18.9 Å². The number of hydrogen-bond donors (Lipinski definition) is 1. The molecule has 242 valence electrons. The second-order valence-electron chi connectivity index (χ2n) is 12.0. The second kappa shape index (κ2) is 14.2. The van der Waals surface area contributed by atoms with Crippen molar-refractivity contribution in [3.63, 3.8) is 0 Å². The van der Waals surface area contributed by atoms with Crippen LogP contribution in [0.3, 0.4) is 0 Å². The second-order valence-corrected chi connectivity index (χ2v) is 12.9. The Balaban J connectivity index is 1.24. The molecule has 46 heavy (non-hydrogen) atoms. The Bertz CT molecular complexity index is 1570. The van der Waals surface area contributed by atoms with Crippen molar-refractivity contribution in [3.05, 3.63) is 87.9 Å². The summed E-state index contributed by atoms with van der Waals surface area (Å²) in [4.78, 5) is 30.9. The van der Waals surface area contributed by atoms with Crippen LogP contribution >= 0.6 is 15.9 Å². The van der Waals surface area contributed by atoms with Crippen LogP contribution in [0.4, 0.5) is 0 Å². The van der Waals surface area contributed by atoms with Crippen LogP contribution < -0.4 is 24.3 Å². The zero-order chi connectivity index (χ0) is 32.2. The van der Waals surface area contributed by atoms with Crippen molar-refractivity contribution in [3.8, 4) is 23.0 Å². The molecule has 2 bridgehead atoms. The lowest BCUT2D eigenvalue weighted by Crippen LogP contribution is -2.61. The van der Waals surface area contributed by atoms with Gasteiger partial charge < -0.3 is 34.1 Å². The van der Waals surface area contributed by atoms with Crippen molar-refractivity contribution >= 4 is 33.3 Å². The maximum atomic E-state index is 14.7. The van der Waals surface area contributed by atoms with Gasteiger partial charge in [0, 0.05) is 54.8 Å². The third-order valence-corrected chi connectivity index (χ3v) is 9.26. The smallest absolute Gasteiger partial charge is 0.252 e. The maximum absolute atomic E-state index is 14.7. The van der Waals surface area contributed by atoms with E-state index in [1.165, 1.54) is 0 Å². The van der Waals surface area contributed by atoms with Gasteiger partial charge in [-0.05, 0) is 84.5 Å². The maximum Gasteiger partial charge on any atom is 0.252 e. The number of ether oxygens (including phenoxy) is 4. The molecule has 0 radical (unpaired) electrons. The molecule has 3 aromatic carbocycles. The van der Waals surface area contributed by atoms with Crippen molar-refractivity contribution in [2.45, 2.75) is 50.9 Å². The molecule has 10 heteroatoms. The first kappa shape index (κ1) is 31.9. The summed E-state index contributed by atoms with van der Waals surface area (Å²) in [5.41, 5.74) is 3.70. The minimum atomic E-state index is -0.258. The number of nitrogens with one attached hydrogen (secondary N) is 1. The molecule has 1 saturated carbocycles. The van der Waals surface area contributed by atoms with Crippen LogP contribution in [0.2, 0.25) is 0 Å². The summed E-state index contributed by atoms with van der Waals surface area (Å²) in [6.07, 6.45) is 2.58. The largest absolute Gasteiger partial charge is 0.497 e. The molecule has 2 heterocycles. The van der Waals surface area contributed by atoms with Gasteiger partial charge in [0.1, 0.15) is 36.2 Å². The van der Waals surface area contributed by atoms with Gasteiger partial charge in [-0.3, -0.25) is 9.59 Å². The van der Waals surface area contributed by atoms with Crippen LogP contribution in [0.25, 0.3) is 5.57 Å². The van der Waals surface area contributed by atoms with Gasteiger partial charge in [0.15, 0.2) is 0 Å². The molecule has 6 rings (SSSR count). The third-order valence-electron chi connectivity index (χ3n) is 8.73. The molecule has 2 fully saturated rings. The highest BCUT2D eigenvalue weighted by Gasteiger charge is 2.43. The molecule has 2 aliphatic heterocycles. The minimum Gasteiger partial charge on any atom is -0.497 e. The molecule has 0 unspecified atom stereocenters. The Hall–Kier alpha value is -4.02. The number of carbonyl (C=O) groups excluding carboxylic acids is 2. The Morgan fingerprint density at radius 2 is 1.48 bits per heavy atom. The molecular weight excluding hydrogens is 650 g/mol. The fourth-order valence-corrected chi connectivity index (χ4v) is 6.55. The summed E-state index contributed by atoms with van der Waals surface area (Å²) in [7, 11) is 3.25. The van der Waals surface area contributed by atoms with E-state index in [1.54, 1.807) is 21.1 Å². The molecular formula is C36H40BrN3O6. The van der Waals surface area contributed by atoms with E-state index in [1.807, 2.05) is 76.5 Å². The Labute approximate surface area is 278 Å². The SMILES string of the molecule is COc1cc(CN(C(=O)C2=C(c3ccc(OCCOc4ccc(Br)cc4)cc3)C[C@@H]3CN(C(C)=O)C[C@H]2N3)C2CC2)cc(OC)c1. The van der Waals surface area contributed by atoms with Gasteiger partial charge in [-0.25, -0.2) is 0 Å². The summed E-state index contributed by atoms with van der Waals surface area (Å²) in [5.74, 6) is 2.93. The number of nitrogens with zero attached hydrogens (tertiary/aromatic N) is 2. The number of hydrogen-bond acceptors (Lipinski definition) is 7. The van der Waals surface area contributed by atoms with Gasteiger partial charge in [-0.15, -0.1) is 0 Å². The van der Waals surface area contributed by atoms with Gasteiger partial charge >= 0.3 is 0 Å². The third kappa shape index (κ3) is 7.50. The standard InChI is InChI=1S/C36H40BrN3O6/c1-23(41)39-21-27-18-33(25-4-10-29(11-5-25)45-14-15-46-30-12-6-26(37)7-13-30)35(34(22-39)38-27)36(42)40(28-8-9-28)20-24-16-31(43-2)19-32(17-24)44-3/h4-7,10-13,16-17,19,27-28,34,38H,8-9,14-15,18,20-22H2,1-3H3/t27-,34-/m1/s1. The average Bonchev–Trinajstić information content (AvgIpc) is 3.91. The van der Waals surface area contributed by atoms with Crippen molar-refractivity contribution in [1.82, 2.24) is 15.1 Å². The summed E-state index contributed by atoms with van der Waals surface area (Å²) < 4.78 is 23.7. The first-order chi connectivity index (χ1) is 22.3. The number of methoxy groups -OCH3 is 2. The van der Waals surface area contributed by atoms with Crippen LogP contribution in [-0.2, 0) is 16.1 Å². The number of amides is 2. The van der Waals surface area contributed by atoms with Crippen molar-refractivity contribution in [2.75, 3.05) is 40.5 Å². The lowest BCUT2D eigenvalue weighted by molar-refractivity contribution is -0.132. The molecule has 1 N–H and O–H groups in total. The summed E-state index contributed by atoms with van der Waals surface area (Å²) in [6, 6.07) is 21.4. The first-order valence-electron chi connectivity index (χ1n) is 15.7. The number of rotatable bonds is 12. The Morgan fingerprint density at radius 1 is 0.870 bits per heavy atom. The zero-order valence-electron chi connectivity index (χ0n) is 26.5. The Kier molecular flexibility index (Phi) is 9.84. The van der Waals surface area contributed by atoms with Gasteiger partial charge in [0.05, 0.1) is 20.3 Å². The fourth-order valence-electron chi connectivity index (χ4n) is 6.29. The molecule has 3 aliphatic rings. The van der Waals surface area contributed by atoms with Gasteiger partial charge in [0.2, 0.25) is 5.91 Å². The molecule has 2 atom stereocenters. The minimum absolute atomic E-state index is 0.00561. The topological polar surface area (TPSA) is 89.6 Å². The van der Waals surface area contributed by atoms with E-state index in [9.17, 15) is 9.59 Å². The van der Waals surface area contributed by atoms with E-state index in [-0.39, 0.29) is 29.9 Å². The summed E-state index contributed by atoms with van der Waals surface area (Å²) in [5, 5.41) is 3.66. The van der Waals surface area contributed by atoms with E-state index in [0.29, 0.717) is 50.8 Å². The first-order valence-corrected chi connectivity index (χ1v) is 16.5. The number of halogens is 1. The van der Waals surface area contributed by atoms with Crippen molar-refractivity contribution in [2.24, 2.45) is 0 Å². The number of piperazine rings is 1. The normalized spacial score (nSPS) is 19.0. The predicted molar refractivity (Wildman–Crippen MR) is 179 cm³/mol. The number of benzene rings is 3. The van der Waals surface area contributed by atoms with E-state index < -0.39 is 0 Å². The monoisotopic (exact) mass is 689 g/mol. The highest BCUT2D eigenvalue weighted by atomic mass is 79.9. The average molecular weight is 691 g/mol. The molecule has 3 aromatic rings. The van der Waals surface area contributed by atoms with E-state index >= 15 is 0 Å². The molecule has 1 aliphatic carbocycles. The quantitative estimate of drug-likeness (QED) is 0.253. The van der Waals surface area contributed by atoms with Crippen LogP contribution in [0.5, 0.6) is 23.0 Å². The lowest BCUT2D eigenvalue weighted by Gasteiger charge is -2.44. The van der Waals surface area contributed by atoms with Crippen LogP contribution in [0.15, 0.2) is 76.8 Å². The van der Waals surface area contributed by atoms with Crippen LogP contribution in [0.1, 0.15) is 37.3 Å². The van der Waals surface area contributed by atoms with E-state index in [2.05, 4.69) is 21.2 Å². The van der Waals surface area contributed by atoms with Gasteiger partial charge in [-0.2, -0.15) is 0 Å². The van der Waals surface area contributed by atoms with Crippen molar-refractivity contribution in [1.29, 1.82) is 0 Å². The number of fused-ring (bicyclic) bond motifs is 2. The van der Waals surface area contributed by atoms with Crippen molar-refractivity contribution < 1.29 is 28.5 Å². The van der Waals surface area contributed by atoms with Crippen LogP contribution in [-0.4, -0.2) is 80.3 Å². The summed E-state index contributed by atoms with van der Waals surface area (Å²) >= 11 is 3.43. The zero-order valence-corrected chi connectivity index (χ0v) is 28.0. The fraction of sp³-hybridized carbons (Fsp3) is 0.389. The molecule has 0 spiro atoms. The van der Waals surface area contributed by atoms with Gasteiger partial charge in [-0.1, -0.05) is 28.1 Å².